The van der Waals surface area contributed by atoms with E-state index >= 15 is 0 Å². The highest BCUT2D eigenvalue weighted by Gasteiger charge is 2.57. The number of ether oxygens (including phenoxy) is 1. The van der Waals surface area contributed by atoms with Crippen LogP contribution < -0.4 is 0 Å². The van der Waals surface area contributed by atoms with E-state index in [-0.39, 0.29) is 11.4 Å². The first-order chi connectivity index (χ1) is 6.00. The highest BCUT2D eigenvalue weighted by atomic mass is 16.5. The monoisotopic (exact) mass is 184 g/mol. The number of esters is 1. The van der Waals surface area contributed by atoms with Crippen LogP contribution >= 0.6 is 0 Å². The van der Waals surface area contributed by atoms with Gasteiger partial charge >= 0.3 is 5.97 Å². The van der Waals surface area contributed by atoms with Gasteiger partial charge in [0, 0.05) is 19.3 Å². The molecule has 0 aromatic carbocycles. The van der Waals surface area contributed by atoms with Gasteiger partial charge in [0.2, 0.25) is 0 Å². The number of aldehydes is 1. The Morgan fingerprint density at radius 1 is 1.46 bits per heavy atom. The lowest BCUT2D eigenvalue weighted by Crippen LogP contribution is -2.05. The molecule has 1 aliphatic rings. The molecule has 1 unspecified atom stereocenters. The van der Waals surface area contributed by atoms with Crippen LogP contribution in [0.25, 0.3) is 0 Å². The molecule has 1 fully saturated rings. The van der Waals surface area contributed by atoms with E-state index in [0.29, 0.717) is 24.9 Å². The largest absolute Gasteiger partial charge is 0.466 e. The van der Waals surface area contributed by atoms with E-state index in [2.05, 4.69) is 13.8 Å². The molecule has 0 saturated heterocycles. The molecule has 1 saturated carbocycles. The number of carbonyl (C=O) groups is 2. The van der Waals surface area contributed by atoms with Gasteiger partial charge in [-0.2, -0.15) is 0 Å². The summed E-state index contributed by atoms with van der Waals surface area (Å²) in [7, 11) is 0. The first-order valence-corrected chi connectivity index (χ1v) is 4.57. The summed E-state index contributed by atoms with van der Waals surface area (Å²) in [5.74, 6) is 0.513. The SMILES string of the molecule is CC(=O)OC[C@H]1C(CC=O)C1(C)C. The maximum absolute atomic E-state index is 10.6. The number of hydrogen-bond acceptors (Lipinski definition) is 3. The lowest BCUT2D eigenvalue weighted by molar-refractivity contribution is -0.141. The van der Waals surface area contributed by atoms with Crippen LogP contribution in [0.3, 0.4) is 0 Å². The Labute approximate surface area is 78.5 Å². The highest BCUT2D eigenvalue weighted by molar-refractivity contribution is 5.66. The zero-order valence-electron chi connectivity index (χ0n) is 8.37. The van der Waals surface area contributed by atoms with Gasteiger partial charge in [0.25, 0.3) is 0 Å². The molecule has 3 heteroatoms. The van der Waals surface area contributed by atoms with Crippen LogP contribution in [-0.2, 0) is 14.3 Å². The van der Waals surface area contributed by atoms with Crippen LogP contribution in [-0.4, -0.2) is 18.9 Å². The van der Waals surface area contributed by atoms with E-state index in [1.165, 1.54) is 6.92 Å². The molecule has 0 spiro atoms. The predicted molar refractivity (Wildman–Crippen MR) is 48.1 cm³/mol. The zero-order valence-corrected chi connectivity index (χ0v) is 8.37. The molecule has 0 bridgehead atoms. The normalized spacial score (nSPS) is 29.5. The van der Waals surface area contributed by atoms with Gasteiger partial charge in [-0.1, -0.05) is 13.8 Å². The maximum atomic E-state index is 10.6. The van der Waals surface area contributed by atoms with Crippen molar-refractivity contribution in [2.75, 3.05) is 6.61 Å². The number of rotatable bonds is 4. The third-order valence-electron chi connectivity index (χ3n) is 3.10. The fourth-order valence-corrected chi connectivity index (χ4v) is 1.97. The molecule has 3 nitrogen and oxygen atoms in total. The minimum absolute atomic E-state index is 0.163. The average molecular weight is 184 g/mol. The minimum Gasteiger partial charge on any atom is -0.466 e. The maximum Gasteiger partial charge on any atom is 0.302 e. The molecule has 13 heavy (non-hydrogen) atoms. The highest BCUT2D eigenvalue weighted by Crippen LogP contribution is 2.59. The van der Waals surface area contributed by atoms with Crippen LogP contribution in [0.2, 0.25) is 0 Å². The molecule has 0 aromatic rings. The first-order valence-electron chi connectivity index (χ1n) is 4.57. The average Bonchev–Trinajstić information content (AvgIpc) is 2.51. The molecule has 1 rings (SSSR count). The second-order valence-electron chi connectivity index (χ2n) is 4.24. The van der Waals surface area contributed by atoms with Gasteiger partial charge in [-0.05, 0) is 11.3 Å². The van der Waals surface area contributed by atoms with Gasteiger partial charge < -0.3 is 9.53 Å². The Hall–Kier alpha value is -0.860. The van der Waals surface area contributed by atoms with E-state index in [1.807, 2.05) is 0 Å². The van der Waals surface area contributed by atoms with Crippen molar-refractivity contribution in [3.05, 3.63) is 0 Å². The Kier molecular flexibility index (Phi) is 2.74. The molecule has 0 aromatic heterocycles. The van der Waals surface area contributed by atoms with E-state index in [0.717, 1.165) is 6.29 Å². The van der Waals surface area contributed by atoms with Gasteiger partial charge in [0.05, 0.1) is 6.61 Å². The Morgan fingerprint density at radius 2 is 2.08 bits per heavy atom. The van der Waals surface area contributed by atoms with Crippen LogP contribution in [0.5, 0.6) is 0 Å². The fraction of sp³-hybridized carbons (Fsp3) is 0.800. The predicted octanol–water partition coefficient (Wildman–Crippen LogP) is 1.41. The molecule has 0 radical (unpaired) electrons. The molecular formula is C10H16O3. The summed E-state index contributed by atoms with van der Waals surface area (Å²) in [6, 6.07) is 0. The molecule has 74 valence electrons. The van der Waals surface area contributed by atoms with E-state index in [9.17, 15) is 9.59 Å². The molecule has 1 aliphatic carbocycles. The Bertz CT molecular complexity index is 220. The second kappa shape index (κ2) is 3.48. The smallest absolute Gasteiger partial charge is 0.302 e. The fourth-order valence-electron chi connectivity index (χ4n) is 1.97. The summed E-state index contributed by atoms with van der Waals surface area (Å²) < 4.78 is 4.92. The van der Waals surface area contributed by atoms with Crippen molar-refractivity contribution in [2.45, 2.75) is 27.2 Å². The van der Waals surface area contributed by atoms with E-state index in [4.69, 9.17) is 4.74 Å². The Balaban J connectivity index is 2.36. The van der Waals surface area contributed by atoms with Gasteiger partial charge in [-0.15, -0.1) is 0 Å². The van der Waals surface area contributed by atoms with Crippen molar-refractivity contribution in [1.82, 2.24) is 0 Å². The summed E-state index contributed by atoms with van der Waals surface area (Å²) in [4.78, 5) is 20.9. The minimum atomic E-state index is -0.243. The van der Waals surface area contributed by atoms with Gasteiger partial charge in [0.15, 0.2) is 0 Å². The van der Waals surface area contributed by atoms with Crippen LogP contribution in [0, 0.1) is 17.3 Å². The molecular weight excluding hydrogens is 168 g/mol. The van der Waals surface area contributed by atoms with Crippen molar-refractivity contribution in [1.29, 1.82) is 0 Å². The molecule has 0 N–H and O–H groups in total. The van der Waals surface area contributed by atoms with Crippen molar-refractivity contribution in [3.8, 4) is 0 Å². The van der Waals surface area contributed by atoms with Gasteiger partial charge in [-0.25, -0.2) is 0 Å². The standard InChI is InChI=1S/C10H16O3/c1-7(12)13-6-9-8(4-5-11)10(9,2)3/h5,8-9H,4,6H2,1-3H3/t8?,9-/m0/s1. The lowest BCUT2D eigenvalue weighted by Gasteiger charge is -2.02. The van der Waals surface area contributed by atoms with Crippen molar-refractivity contribution in [3.63, 3.8) is 0 Å². The van der Waals surface area contributed by atoms with Crippen molar-refractivity contribution >= 4 is 12.3 Å². The summed E-state index contributed by atoms with van der Waals surface area (Å²) in [6.07, 6.45) is 1.53. The van der Waals surface area contributed by atoms with Crippen LogP contribution in [0.1, 0.15) is 27.2 Å². The third-order valence-corrected chi connectivity index (χ3v) is 3.10. The van der Waals surface area contributed by atoms with Crippen molar-refractivity contribution in [2.24, 2.45) is 17.3 Å². The van der Waals surface area contributed by atoms with E-state index in [1.54, 1.807) is 0 Å². The van der Waals surface area contributed by atoms with Crippen LogP contribution in [0.4, 0.5) is 0 Å². The molecule has 0 aliphatic heterocycles. The van der Waals surface area contributed by atoms with E-state index < -0.39 is 0 Å². The van der Waals surface area contributed by atoms with Gasteiger partial charge in [0.1, 0.15) is 6.29 Å². The van der Waals surface area contributed by atoms with Crippen LogP contribution in [0.15, 0.2) is 0 Å². The molecule has 0 amide bonds. The topological polar surface area (TPSA) is 43.4 Å². The summed E-state index contributed by atoms with van der Waals surface area (Å²) in [5.41, 5.74) is 0.163. The Morgan fingerprint density at radius 3 is 2.54 bits per heavy atom. The summed E-state index contributed by atoms with van der Waals surface area (Å²) in [5, 5.41) is 0. The number of carbonyl (C=O) groups excluding carboxylic acids is 2. The van der Waals surface area contributed by atoms with Crippen molar-refractivity contribution < 1.29 is 14.3 Å². The summed E-state index contributed by atoms with van der Waals surface area (Å²) in [6.45, 7) is 6.08. The third kappa shape index (κ3) is 2.08. The second-order valence-corrected chi connectivity index (χ2v) is 4.24. The number of hydrogen-bond donors (Lipinski definition) is 0. The summed E-state index contributed by atoms with van der Waals surface area (Å²) >= 11 is 0. The lowest BCUT2D eigenvalue weighted by atomic mass is 10.1. The molecule has 2 atom stereocenters. The quantitative estimate of drug-likeness (QED) is 0.490. The molecule has 0 heterocycles. The van der Waals surface area contributed by atoms with Gasteiger partial charge in [-0.3, -0.25) is 4.79 Å². The zero-order chi connectivity index (χ0) is 10.1. The first kappa shape index (κ1) is 10.2.